The Balaban J connectivity index is 1.50. The minimum Gasteiger partial charge on any atom is -0.489 e. The Labute approximate surface area is 153 Å². The second-order valence-electron chi connectivity index (χ2n) is 5.86. The van der Waals surface area contributed by atoms with Crippen molar-refractivity contribution >= 4 is 11.6 Å². The van der Waals surface area contributed by atoms with Crippen LogP contribution in [0.4, 0.5) is 0 Å². The summed E-state index contributed by atoms with van der Waals surface area (Å²) in [6.07, 6.45) is 6.66. The molecule has 0 atom stereocenters. The van der Waals surface area contributed by atoms with Crippen LogP contribution >= 0.6 is 11.6 Å². The highest BCUT2D eigenvalue weighted by molar-refractivity contribution is 6.30. The molecule has 0 bridgehead atoms. The number of hydrogen-bond donors (Lipinski definition) is 1. The summed E-state index contributed by atoms with van der Waals surface area (Å²) in [5.74, 6) is 0.871. The second-order valence-corrected chi connectivity index (χ2v) is 6.29. The van der Waals surface area contributed by atoms with E-state index in [4.69, 9.17) is 16.3 Å². The van der Waals surface area contributed by atoms with E-state index in [-0.39, 0.29) is 0 Å². The first-order chi connectivity index (χ1) is 12.3. The van der Waals surface area contributed by atoms with Gasteiger partial charge in [-0.3, -0.25) is 0 Å². The fourth-order valence-corrected chi connectivity index (χ4v) is 2.79. The molecule has 0 amide bonds. The van der Waals surface area contributed by atoms with Gasteiger partial charge in [0.1, 0.15) is 12.4 Å². The van der Waals surface area contributed by atoms with Gasteiger partial charge < -0.3 is 14.6 Å². The summed E-state index contributed by atoms with van der Waals surface area (Å²) in [5, 5.41) is 4.18. The number of nitrogens with zero attached hydrogens (tertiary/aromatic N) is 2. The van der Waals surface area contributed by atoms with Crippen LogP contribution in [0.15, 0.2) is 67.3 Å². The van der Waals surface area contributed by atoms with Crippen molar-refractivity contribution in [2.75, 3.05) is 6.54 Å². The molecule has 0 radical (unpaired) electrons. The fraction of sp³-hybridized carbons (Fsp3) is 0.250. The van der Waals surface area contributed by atoms with Gasteiger partial charge in [0.2, 0.25) is 0 Å². The average molecular weight is 356 g/mol. The van der Waals surface area contributed by atoms with E-state index in [1.54, 1.807) is 6.20 Å². The highest BCUT2D eigenvalue weighted by Gasteiger charge is 2.05. The minimum absolute atomic E-state index is 0.552. The van der Waals surface area contributed by atoms with Gasteiger partial charge in [0.15, 0.2) is 0 Å². The zero-order valence-corrected chi connectivity index (χ0v) is 14.8. The summed E-state index contributed by atoms with van der Waals surface area (Å²) in [6, 6.07) is 15.9. The van der Waals surface area contributed by atoms with Gasteiger partial charge in [0, 0.05) is 36.1 Å². The van der Waals surface area contributed by atoms with Crippen molar-refractivity contribution < 1.29 is 4.74 Å². The molecule has 0 saturated heterocycles. The number of imidazole rings is 1. The highest BCUT2D eigenvalue weighted by atomic mass is 35.5. The minimum atomic E-state index is 0.552. The van der Waals surface area contributed by atoms with Gasteiger partial charge in [-0.05, 0) is 36.7 Å². The molecule has 0 unspecified atom stereocenters. The van der Waals surface area contributed by atoms with E-state index in [1.807, 2.05) is 48.9 Å². The van der Waals surface area contributed by atoms with Crippen LogP contribution in [-0.2, 0) is 19.7 Å². The summed E-state index contributed by atoms with van der Waals surface area (Å²) in [6.45, 7) is 3.16. The molecule has 1 aromatic heterocycles. The Kier molecular flexibility index (Phi) is 6.48. The maximum Gasteiger partial charge on any atom is 0.124 e. The van der Waals surface area contributed by atoms with Crippen molar-refractivity contribution in [2.45, 2.75) is 26.1 Å². The van der Waals surface area contributed by atoms with E-state index in [9.17, 15) is 0 Å². The number of nitrogens with one attached hydrogen (secondary N) is 1. The lowest BCUT2D eigenvalue weighted by Gasteiger charge is -2.13. The van der Waals surface area contributed by atoms with Crippen molar-refractivity contribution in [1.29, 1.82) is 0 Å². The number of aromatic nitrogens is 2. The molecule has 3 rings (SSSR count). The van der Waals surface area contributed by atoms with Gasteiger partial charge in [-0.1, -0.05) is 41.9 Å². The quantitative estimate of drug-likeness (QED) is 0.582. The highest BCUT2D eigenvalue weighted by Crippen LogP contribution is 2.23. The third kappa shape index (κ3) is 5.62. The zero-order valence-electron chi connectivity index (χ0n) is 14.1. The normalized spacial score (nSPS) is 10.8. The summed E-state index contributed by atoms with van der Waals surface area (Å²) in [4.78, 5) is 4.05. The van der Waals surface area contributed by atoms with Gasteiger partial charge in [-0.15, -0.1) is 0 Å². The number of aryl methyl sites for hydroxylation is 1. The monoisotopic (exact) mass is 355 g/mol. The lowest BCUT2D eigenvalue weighted by molar-refractivity contribution is 0.302. The van der Waals surface area contributed by atoms with Crippen LogP contribution in [0.1, 0.15) is 17.5 Å². The van der Waals surface area contributed by atoms with Crippen LogP contribution in [0.2, 0.25) is 5.02 Å². The molecular formula is C20H22ClN3O. The molecule has 0 aliphatic carbocycles. The molecule has 5 heteroatoms. The molecule has 0 aliphatic heterocycles. The first-order valence-electron chi connectivity index (χ1n) is 8.43. The van der Waals surface area contributed by atoms with Crippen LogP contribution in [0.3, 0.4) is 0 Å². The number of hydrogen-bond acceptors (Lipinski definition) is 3. The lowest BCUT2D eigenvalue weighted by Crippen LogP contribution is -2.17. The second kappa shape index (κ2) is 9.25. The Morgan fingerprint density at radius 2 is 2.00 bits per heavy atom. The zero-order chi connectivity index (χ0) is 17.3. The summed E-state index contributed by atoms with van der Waals surface area (Å²) in [7, 11) is 0. The van der Waals surface area contributed by atoms with Crippen molar-refractivity contribution in [1.82, 2.24) is 14.9 Å². The Morgan fingerprint density at radius 1 is 1.12 bits per heavy atom. The molecule has 1 heterocycles. The molecule has 0 spiro atoms. The van der Waals surface area contributed by atoms with E-state index < -0.39 is 0 Å². The van der Waals surface area contributed by atoms with Crippen molar-refractivity contribution in [3.63, 3.8) is 0 Å². The number of halogens is 1. The first kappa shape index (κ1) is 17.5. The molecule has 1 N–H and O–H groups in total. The predicted molar refractivity (Wildman–Crippen MR) is 101 cm³/mol. The Hall–Kier alpha value is -2.30. The van der Waals surface area contributed by atoms with Gasteiger partial charge in [0.25, 0.3) is 0 Å². The SMILES string of the molecule is Clc1ccc(OCc2ccccc2)c(CNCCCn2ccnc2)c1. The van der Waals surface area contributed by atoms with Gasteiger partial charge in [-0.2, -0.15) is 0 Å². The molecule has 0 saturated carbocycles. The summed E-state index contributed by atoms with van der Waals surface area (Å²) >= 11 is 6.15. The Bertz CT molecular complexity index is 760. The van der Waals surface area contributed by atoms with E-state index in [1.165, 1.54) is 0 Å². The summed E-state index contributed by atoms with van der Waals surface area (Å²) < 4.78 is 8.06. The largest absolute Gasteiger partial charge is 0.489 e. The molecule has 25 heavy (non-hydrogen) atoms. The van der Waals surface area contributed by atoms with E-state index in [2.05, 4.69) is 27.0 Å². The number of ether oxygens (including phenoxy) is 1. The van der Waals surface area contributed by atoms with Crippen molar-refractivity contribution in [3.8, 4) is 5.75 Å². The third-order valence-electron chi connectivity index (χ3n) is 3.90. The molecule has 130 valence electrons. The van der Waals surface area contributed by atoms with Crippen LogP contribution in [-0.4, -0.2) is 16.1 Å². The third-order valence-corrected chi connectivity index (χ3v) is 4.14. The fourth-order valence-electron chi connectivity index (χ4n) is 2.59. The topological polar surface area (TPSA) is 39.1 Å². The van der Waals surface area contributed by atoms with Crippen molar-refractivity contribution in [2.24, 2.45) is 0 Å². The maximum atomic E-state index is 6.15. The standard InChI is InChI=1S/C20H22ClN3O/c21-19-7-8-20(25-15-17-5-2-1-3-6-17)18(13-19)14-22-9-4-11-24-12-10-23-16-24/h1-3,5-8,10,12-13,16,22H,4,9,11,14-15H2. The molecular weight excluding hydrogens is 334 g/mol. The van der Waals surface area contributed by atoms with E-state index >= 15 is 0 Å². The lowest BCUT2D eigenvalue weighted by atomic mass is 10.2. The smallest absolute Gasteiger partial charge is 0.124 e. The number of rotatable bonds is 9. The molecule has 2 aromatic carbocycles. The van der Waals surface area contributed by atoms with Gasteiger partial charge >= 0.3 is 0 Å². The van der Waals surface area contributed by atoms with E-state index in [0.717, 1.165) is 48.0 Å². The predicted octanol–water partition coefficient (Wildman–Crippen LogP) is 4.30. The summed E-state index contributed by atoms with van der Waals surface area (Å²) in [5.41, 5.74) is 2.22. The average Bonchev–Trinajstić information content (AvgIpc) is 3.15. The van der Waals surface area contributed by atoms with Crippen LogP contribution in [0, 0.1) is 0 Å². The van der Waals surface area contributed by atoms with Gasteiger partial charge in [0.05, 0.1) is 6.33 Å². The first-order valence-corrected chi connectivity index (χ1v) is 8.81. The maximum absolute atomic E-state index is 6.15. The molecule has 0 aliphatic rings. The molecule has 4 nitrogen and oxygen atoms in total. The van der Waals surface area contributed by atoms with E-state index in [0.29, 0.717) is 6.61 Å². The van der Waals surface area contributed by atoms with Crippen LogP contribution < -0.4 is 10.1 Å². The van der Waals surface area contributed by atoms with Crippen molar-refractivity contribution in [3.05, 3.63) is 83.4 Å². The van der Waals surface area contributed by atoms with Crippen LogP contribution in [0.25, 0.3) is 0 Å². The van der Waals surface area contributed by atoms with Gasteiger partial charge in [-0.25, -0.2) is 4.98 Å². The molecule has 0 fully saturated rings. The molecule has 3 aromatic rings. The van der Waals surface area contributed by atoms with Crippen LogP contribution in [0.5, 0.6) is 5.75 Å². The number of benzene rings is 2. The Morgan fingerprint density at radius 3 is 2.80 bits per heavy atom.